The van der Waals surface area contributed by atoms with Crippen molar-refractivity contribution in [1.29, 1.82) is 5.26 Å². The fourth-order valence-electron chi connectivity index (χ4n) is 6.64. The van der Waals surface area contributed by atoms with Gasteiger partial charge >= 0.3 is 5.97 Å². The van der Waals surface area contributed by atoms with Crippen LogP contribution in [-0.4, -0.2) is 52.0 Å². The first-order valence-corrected chi connectivity index (χ1v) is 31.1. The number of aromatic carboxylic acids is 1. The molecule has 3 aromatic rings. The quantitative estimate of drug-likeness (QED) is 0.180. The summed E-state index contributed by atoms with van der Waals surface area (Å²) in [5, 5.41) is 17.6. The highest BCUT2D eigenvalue weighted by molar-refractivity contribution is 7.83. The number of carboxylic acids is 1. The predicted octanol–water partition coefficient (Wildman–Crippen LogP) is 9.83. The molecule has 0 aromatic heterocycles. The molecule has 0 spiro atoms. The minimum atomic E-state index is -1.85. The number of hydrogen-bond donors (Lipinski definition) is 1. The molecule has 0 aliphatic carbocycles. The van der Waals surface area contributed by atoms with E-state index < -0.39 is 35.6 Å². The lowest BCUT2D eigenvalue weighted by Gasteiger charge is -2.67. The van der Waals surface area contributed by atoms with E-state index in [1.165, 1.54) is 18.4 Å². The number of unbranched alkanes of at least 4 members (excludes halogenated alkanes) is 2. The summed E-state index contributed by atoms with van der Waals surface area (Å²) in [5.74, 6) is -0.156. The number of nitrogens with zero attached hydrogens (tertiary/aromatic N) is 1. The van der Waals surface area contributed by atoms with E-state index in [9.17, 15) is 9.90 Å². The van der Waals surface area contributed by atoms with E-state index in [-0.39, 0.29) is 11.3 Å². The van der Waals surface area contributed by atoms with Gasteiger partial charge in [0.25, 0.3) is 0 Å². The van der Waals surface area contributed by atoms with Gasteiger partial charge in [-0.1, -0.05) is 102 Å². The van der Waals surface area contributed by atoms with Gasteiger partial charge in [-0.15, -0.1) is 0 Å². The van der Waals surface area contributed by atoms with E-state index in [2.05, 4.69) is 84.4 Å². The number of benzene rings is 3. The number of rotatable bonds is 9. The van der Waals surface area contributed by atoms with Crippen LogP contribution in [0, 0.1) is 11.3 Å². The lowest BCUT2D eigenvalue weighted by Crippen LogP contribution is -2.92. The Morgan fingerprint density at radius 2 is 1.40 bits per heavy atom. The third-order valence-corrected chi connectivity index (χ3v) is 78.9. The van der Waals surface area contributed by atoms with Crippen LogP contribution in [0.1, 0.15) is 55.5 Å². The fourth-order valence-corrected chi connectivity index (χ4v) is 77.6. The van der Waals surface area contributed by atoms with Crippen LogP contribution in [0.25, 0.3) is 11.1 Å². The molecule has 0 radical (unpaired) electrons. The second-order valence-corrected chi connectivity index (χ2v) is 53.9. The van der Waals surface area contributed by atoms with E-state index in [1.807, 2.05) is 42.5 Å². The molecule has 1 saturated heterocycles. The Hall–Kier alpha value is -2.75. The van der Waals surface area contributed by atoms with Gasteiger partial charge in [-0.25, -0.2) is 4.79 Å². The van der Waals surface area contributed by atoms with E-state index in [4.69, 9.17) is 14.4 Å². The topological polar surface area (TPSA) is 79.6 Å². The monoisotopic (exact) mass is 675 g/mol. The van der Waals surface area contributed by atoms with Gasteiger partial charge in [0.05, 0.1) is 37.1 Å². The summed E-state index contributed by atoms with van der Waals surface area (Å²) in [6, 6.07) is 26.7. The van der Waals surface area contributed by atoms with Crippen molar-refractivity contribution in [3.8, 4) is 22.9 Å². The van der Waals surface area contributed by atoms with E-state index in [0.29, 0.717) is 11.1 Å². The van der Waals surface area contributed by atoms with Crippen molar-refractivity contribution in [2.75, 3.05) is 0 Å². The molecule has 45 heavy (non-hydrogen) atoms. The minimum Gasteiger partial charge on any atom is -0.488 e. The van der Waals surface area contributed by atoms with Crippen LogP contribution in [0.3, 0.4) is 0 Å². The van der Waals surface area contributed by atoms with E-state index >= 15 is 0 Å². The number of carbonyl (C=O) groups is 1. The summed E-state index contributed by atoms with van der Waals surface area (Å²) >= 11 is 0. The van der Waals surface area contributed by atoms with Crippen molar-refractivity contribution in [2.24, 2.45) is 0 Å². The number of nitriles is 1. The Morgan fingerprint density at radius 3 is 1.91 bits per heavy atom. The van der Waals surface area contributed by atoms with Gasteiger partial charge in [0.1, 0.15) is 11.9 Å². The van der Waals surface area contributed by atoms with Gasteiger partial charge in [-0.05, 0) is 80.4 Å². The lowest BCUT2D eigenvalue weighted by atomic mass is 10.0. The third-order valence-electron chi connectivity index (χ3n) is 11.5. The predicted molar refractivity (Wildman–Crippen MR) is 198 cm³/mol. The van der Waals surface area contributed by atoms with E-state index in [0.717, 1.165) is 24.2 Å². The van der Waals surface area contributed by atoms with Crippen molar-refractivity contribution >= 4 is 35.6 Å². The largest absolute Gasteiger partial charge is 0.488 e. The molecule has 9 heteroatoms. The lowest BCUT2D eigenvalue weighted by molar-refractivity contribution is 0.0165. The normalized spacial score (nSPS) is 21.4. The van der Waals surface area contributed by atoms with Gasteiger partial charge in [0.15, 0.2) is 7.83 Å². The Bertz CT molecular complexity index is 1470. The van der Waals surface area contributed by atoms with Crippen LogP contribution in [0.5, 0.6) is 5.75 Å². The van der Waals surface area contributed by atoms with Gasteiger partial charge in [-0.3, -0.25) is 0 Å². The first-order valence-electron chi connectivity index (χ1n) is 16.2. The maximum Gasteiger partial charge on any atom is 0.335 e. The van der Waals surface area contributed by atoms with Crippen molar-refractivity contribution in [3.63, 3.8) is 0 Å². The summed E-state index contributed by atoms with van der Waals surface area (Å²) in [6.45, 7) is 25.2. The first-order chi connectivity index (χ1) is 20.9. The Kier molecular flexibility index (Phi) is 11.7. The molecule has 2 atom stereocenters. The molecule has 3 aromatic carbocycles. The second kappa shape index (κ2) is 14.3. The van der Waals surface area contributed by atoms with Gasteiger partial charge in [0.2, 0.25) is 0 Å². The van der Waals surface area contributed by atoms with E-state index in [1.54, 1.807) is 24.3 Å². The maximum absolute atomic E-state index is 11.3. The Balaban J connectivity index is 0.000000325. The zero-order valence-corrected chi connectivity index (χ0v) is 33.0. The summed E-state index contributed by atoms with van der Waals surface area (Å²) in [4.78, 5) is 11.3. The molecular formula is C36H53NO4Si4. The van der Waals surface area contributed by atoms with Crippen molar-refractivity contribution in [2.45, 2.75) is 103 Å². The smallest absolute Gasteiger partial charge is 0.335 e. The van der Waals surface area contributed by atoms with Crippen LogP contribution in [0.15, 0.2) is 78.9 Å². The Labute approximate surface area is 275 Å². The average Bonchev–Trinajstić information content (AvgIpc) is 3.00. The number of ether oxygens (including phenoxy) is 1. The molecule has 5 nitrogen and oxygen atoms in total. The van der Waals surface area contributed by atoms with Crippen LogP contribution in [0.2, 0.25) is 52.4 Å². The van der Waals surface area contributed by atoms with Crippen LogP contribution in [-0.2, 0) is 4.43 Å². The SMILES string of the molecule is CCCCCC(Oc1ccc(C(=O)O)cc1)C1(C)O[Si](C)(C)[Si](C)(C)[Si](C)(C)[Si]1(C)C.N#Cc1ccc(-c2ccccc2)cc1. The molecule has 1 heterocycles. The summed E-state index contributed by atoms with van der Waals surface area (Å²) < 4.78 is 14.0. The zero-order chi connectivity index (χ0) is 33.7. The summed E-state index contributed by atoms with van der Waals surface area (Å²) in [5.41, 5.74) is 3.31. The molecular weight excluding hydrogens is 623 g/mol. The molecule has 1 aliphatic rings. The number of hydrogen-bond acceptors (Lipinski definition) is 4. The minimum absolute atomic E-state index is 0.0000414. The first kappa shape index (κ1) is 36.7. The fraction of sp³-hybridized carbons (Fsp3) is 0.444. The van der Waals surface area contributed by atoms with Crippen LogP contribution < -0.4 is 4.74 Å². The van der Waals surface area contributed by atoms with Crippen LogP contribution in [0.4, 0.5) is 0 Å². The number of carboxylic acid groups (broad SMARTS) is 1. The molecule has 1 fully saturated rings. The summed E-state index contributed by atoms with van der Waals surface area (Å²) in [6.07, 6.45) is 4.48. The van der Waals surface area contributed by atoms with Gasteiger partial charge in [-0.2, -0.15) is 5.26 Å². The van der Waals surface area contributed by atoms with Crippen molar-refractivity contribution < 1.29 is 19.1 Å². The molecule has 1 aliphatic heterocycles. The average molecular weight is 676 g/mol. The standard InChI is InChI=1S/C23H44O4Si4.C13H9N/c1-11-12-13-14-21(26-20-17-15-19(16-18-20)22(24)25)23(2)27-29(5,6)31(9,10)30(7,8)28(23,3)4;14-10-11-6-8-13(9-7-11)12-4-2-1-3-5-12/h15-18,21H,11-14H2,1-10H3,(H,24,25);1-9H. The molecule has 0 bridgehead atoms. The third kappa shape index (κ3) is 7.47. The highest BCUT2D eigenvalue weighted by Crippen LogP contribution is 2.50. The van der Waals surface area contributed by atoms with Crippen molar-refractivity contribution in [3.05, 3.63) is 90.0 Å². The second-order valence-electron chi connectivity index (χ2n) is 14.6. The molecule has 0 amide bonds. The van der Waals surface area contributed by atoms with Gasteiger partial charge in [0, 0.05) is 7.11 Å². The molecule has 4 rings (SSSR count). The summed E-state index contributed by atoms with van der Waals surface area (Å²) in [7, 11) is -6.64. The molecule has 2 unspecified atom stereocenters. The highest BCUT2D eigenvalue weighted by atomic mass is 29.8. The molecule has 242 valence electrons. The highest BCUT2D eigenvalue weighted by Gasteiger charge is 2.72. The van der Waals surface area contributed by atoms with Crippen molar-refractivity contribution in [1.82, 2.24) is 0 Å². The van der Waals surface area contributed by atoms with Gasteiger partial charge < -0.3 is 14.3 Å². The zero-order valence-electron chi connectivity index (χ0n) is 29.0. The maximum atomic E-state index is 11.3. The Morgan fingerprint density at radius 1 is 0.844 bits per heavy atom. The molecule has 1 N–H and O–H groups in total. The molecule has 0 saturated carbocycles. The van der Waals surface area contributed by atoms with Crippen LogP contribution >= 0.6 is 0 Å².